The number of hydrogen-bond acceptors (Lipinski definition) is 1. The van der Waals surface area contributed by atoms with Crippen molar-refractivity contribution in [3.8, 4) is 0 Å². The minimum absolute atomic E-state index is 0.196. The average molecular weight is 201 g/mol. The van der Waals surface area contributed by atoms with Gasteiger partial charge in [0.05, 0.1) is 0 Å². The third kappa shape index (κ3) is 1.03. The predicted octanol–water partition coefficient (Wildman–Crippen LogP) is 4.00. The standard InChI is InChI=1S/C9H6ClFS/c1-5-7(10)4-8-6(9(5)11)2-3-12-8/h2-4H,1H3. The minimum atomic E-state index is -0.196. The third-order valence-electron chi connectivity index (χ3n) is 1.88. The summed E-state index contributed by atoms with van der Waals surface area (Å²) in [6.45, 7) is 1.69. The lowest BCUT2D eigenvalue weighted by Crippen LogP contribution is -1.83. The van der Waals surface area contributed by atoms with Gasteiger partial charge in [-0.1, -0.05) is 11.6 Å². The van der Waals surface area contributed by atoms with Crippen molar-refractivity contribution < 1.29 is 4.39 Å². The number of benzene rings is 1. The van der Waals surface area contributed by atoms with Crippen LogP contribution in [0.2, 0.25) is 5.02 Å². The van der Waals surface area contributed by atoms with E-state index in [2.05, 4.69) is 0 Å². The molecule has 0 bridgehead atoms. The number of hydrogen-bond donors (Lipinski definition) is 0. The van der Waals surface area contributed by atoms with Crippen molar-refractivity contribution in [1.82, 2.24) is 0 Å². The van der Waals surface area contributed by atoms with Crippen LogP contribution in [0.1, 0.15) is 5.56 Å². The van der Waals surface area contributed by atoms with Crippen LogP contribution in [0.25, 0.3) is 10.1 Å². The zero-order chi connectivity index (χ0) is 8.72. The molecule has 1 aromatic heterocycles. The topological polar surface area (TPSA) is 0 Å². The van der Waals surface area contributed by atoms with E-state index in [4.69, 9.17) is 11.6 Å². The molecular formula is C9H6ClFS. The van der Waals surface area contributed by atoms with Crippen LogP contribution >= 0.6 is 22.9 Å². The van der Waals surface area contributed by atoms with Crippen LogP contribution in [0.5, 0.6) is 0 Å². The normalized spacial score (nSPS) is 10.9. The van der Waals surface area contributed by atoms with Gasteiger partial charge in [-0.3, -0.25) is 0 Å². The lowest BCUT2D eigenvalue weighted by Gasteiger charge is -2.00. The fourth-order valence-electron chi connectivity index (χ4n) is 1.14. The van der Waals surface area contributed by atoms with E-state index in [-0.39, 0.29) is 5.82 Å². The van der Waals surface area contributed by atoms with Crippen molar-refractivity contribution in [2.75, 3.05) is 0 Å². The summed E-state index contributed by atoms with van der Waals surface area (Å²) < 4.78 is 14.3. The Morgan fingerprint density at radius 2 is 2.25 bits per heavy atom. The van der Waals surface area contributed by atoms with Gasteiger partial charge in [-0.2, -0.15) is 0 Å². The monoisotopic (exact) mass is 200 g/mol. The largest absolute Gasteiger partial charge is 0.206 e. The molecule has 0 fully saturated rings. The van der Waals surface area contributed by atoms with E-state index >= 15 is 0 Å². The summed E-state index contributed by atoms with van der Waals surface area (Å²) in [7, 11) is 0. The minimum Gasteiger partial charge on any atom is -0.206 e. The van der Waals surface area contributed by atoms with Gasteiger partial charge < -0.3 is 0 Å². The predicted molar refractivity (Wildman–Crippen MR) is 51.5 cm³/mol. The number of halogens is 2. The molecule has 0 aliphatic rings. The van der Waals surface area contributed by atoms with E-state index < -0.39 is 0 Å². The SMILES string of the molecule is Cc1c(Cl)cc2sccc2c1F. The van der Waals surface area contributed by atoms with Crippen molar-refractivity contribution in [3.63, 3.8) is 0 Å². The molecule has 0 radical (unpaired) electrons. The Balaban J connectivity index is 2.94. The van der Waals surface area contributed by atoms with Crippen LogP contribution in [0.4, 0.5) is 4.39 Å². The highest BCUT2D eigenvalue weighted by Crippen LogP contribution is 2.30. The zero-order valence-corrected chi connectivity index (χ0v) is 7.97. The molecule has 12 heavy (non-hydrogen) atoms. The molecule has 0 saturated carbocycles. The molecule has 0 atom stereocenters. The third-order valence-corrected chi connectivity index (χ3v) is 3.13. The maximum Gasteiger partial charge on any atom is 0.136 e. The summed E-state index contributed by atoms with van der Waals surface area (Å²) in [5.41, 5.74) is 0.530. The average Bonchev–Trinajstić information content (AvgIpc) is 2.48. The van der Waals surface area contributed by atoms with Crippen LogP contribution in [-0.4, -0.2) is 0 Å². The van der Waals surface area contributed by atoms with E-state index in [0.717, 1.165) is 4.70 Å². The maximum atomic E-state index is 13.4. The van der Waals surface area contributed by atoms with Crippen LogP contribution in [0.3, 0.4) is 0 Å². The van der Waals surface area contributed by atoms with Crippen LogP contribution in [0.15, 0.2) is 17.5 Å². The Kier molecular flexibility index (Phi) is 1.81. The first-order valence-electron chi connectivity index (χ1n) is 3.52. The molecular weight excluding hydrogens is 195 g/mol. The molecule has 0 spiro atoms. The molecule has 0 N–H and O–H groups in total. The summed E-state index contributed by atoms with van der Waals surface area (Å²) in [6, 6.07) is 3.58. The first-order chi connectivity index (χ1) is 5.70. The Bertz CT molecular complexity index is 433. The number of rotatable bonds is 0. The Morgan fingerprint density at radius 3 is 3.00 bits per heavy atom. The molecule has 62 valence electrons. The van der Waals surface area contributed by atoms with Gasteiger partial charge in [-0.15, -0.1) is 11.3 Å². The van der Waals surface area contributed by atoms with Gasteiger partial charge in [0.2, 0.25) is 0 Å². The fraction of sp³-hybridized carbons (Fsp3) is 0.111. The van der Waals surface area contributed by atoms with Gasteiger partial charge in [0.15, 0.2) is 0 Å². The van der Waals surface area contributed by atoms with Gasteiger partial charge >= 0.3 is 0 Å². The second-order valence-corrected chi connectivity index (χ2v) is 3.98. The molecule has 1 heterocycles. The molecule has 3 heteroatoms. The number of thiophene rings is 1. The molecule has 0 unspecified atom stereocenters. The Hall–Kier alpha value is -0.600. The highest BCUT2D eigenvalue weighted by Gasteiger charge is 2.08. The maximum absolute atomic E-state index is 13.4. The molecule has 0 amide bonds. The Morgan fingerprint density at radius 1 is 1.50 bits per heavy atom. The Labute approximate surface area is 78.6 Å². The molecule has 0 aliphatic carbocycles. The molecule has 0 saturated heterocycles. The van der Waals surface area contributed by atoms with Crippen molar-refractivity contribution >= 4 is 33.0 Å². The summed E-state index contributed by atoms with van der Waals surface area (Å²) in [4.78, 5) is 0. The highest BCUT2D eigenvalue weighted by molar-refractivity contribution is 7.17. The van der Waals surface area contributed by atoms with Crippen LogP contribution < -0.4 is 0 Å². The molecule has 2 rings (SSSR count). The second-order valence-electron chi connectivity index (χ2n) is 2.63. The van der Waals surface area contributed by atoms with E-state index in [0.29, 0.717) is 16.0 Å². The highest BCUT2D eigenvalue weighted by atomic mass is 35.5. The van der Waals surface area contributed by atoms with Crippen LogP contribution in [-0.2, 0) is 0 Å². The van der Waals surface area contributed by atoms with Gasteiger partial charge in [0, 0.05) is 20.7 Å². The molecule has 0 aliphatic heterocycles. The van der Waals surface area contributed by atoms with E-state index in [9.17, 15) is 4.39 Å². The summed E-state index contributed by atoms with van der Waals surface area (Å²) >= 11 is 7.32. The molecule has 1 aromatic carbocycles. The fourth-order valence-corrected chi connectivity index (χ4v) is 2.22. The van der Waals surface area contributed by atoms with Crippen molar-refractivity contribution in [2.45, 2.75) is 6.92 Å². The molecule has 0 nitrogen and oxygen atoms in total. The van der Waals surface area contributed by atoms with E-state index in [1.165, 1.54) is 11.3 Å². The van der Waals surface area contributed by atoms with Crippen molar-refractivity contribution in [3.05, 3.63) is 33.9 Å². The van der Waals surface area contributed by atoms with Gasteiger partial charge in [-0.05, 0) is 24.4 Å². The summed E-state index contributed by atoms with van der Waals surface area (Å²) in [5, 5.41) is 3.04. The first kappa shape index (κ1) is 8.02. The summed E-state index contributed by atoms with van der Waals surface area (Å²) in [5.74, 6) is -0.196. The van der Waals surface area contributed by atoms with Crippen LogP contribution in [0, 0.1) is 12.7 Å². The smallest absolute Gasteiger partial charge is 0.136 e. The van der Waals surface area contributed by atoms with E-state index in [1.807, 2.05) is 5.38 Å². The quantitative estimate of drug-likeness (QED) is 0.603. The summed E-state index contributed by atoms with van der Waals surface area (Å²) in [6.07, 6.45) is 0. The first-order valence-corrected chi connectivity index (χ1v) is 4.77. The molecule has 2 aromatic rings. The van der Waals surface area contributed by atoms with Crippen molar-refractivity contribution in [2.24, 2.45) is 0 Å². The zero-order valence-electron chi connectivity index (χ0n) is 6.40. The second kappa shape index (κ2) is 2.71. The number of fused-ring (bicyclic) bond motifs is 1. The van der Waals surface area contributed by atoms with Gasteiger partial charge in [-0.25, -0.2) is 4.39 Å². The van der Waals surface area contributed by atoms with Crippen molar-refractivity contribution in [1.29, 1.82) is 0 Å². The lowest BCUT2D eigenvalue weighted by atomic mass is 10.2. The van der Waals surface area contributed by atoms with Gasteiger partial charge in [0.1, 0.15) is 5.82 Å². The van der Waals surface area contributed by atoms with E-state index in [1.54, 1.807) is 19.1 Å². The lowest BCUT2D eigenvalue weighted by molar-refractivity contribution is 0.631. The van der Waals surface area contributed by atoms with Gasteiger partial charge in [0.25, 0.3) is 0 Å².